The van der Waals surface area contributed by atoms with E-state index in [1.165, 1.54) is 6.42 Å². The second kappa shape index (κ2) is 3.06. The maximum Gasteiger partial charge on any atom is 0.0351 e. The summed E-state index contributed by atoms with van der Waals surface area (Å²) in [5.41, 5.74) is 0. The molecule has 0 saturated carbocycles. The van der Waals surface area contributed by atoms with Crippen molar-refractivity contribution in [3.8, 4) is 0 Å². The molecule has 1 nitrogen and oxygen atoms in total. The summed E-state index contributed by atoms with van der Waals surface area (Å²) in [6, 6.07) is 2.05. The van der Waals surface area contributed by atoms with Gasteiger partial charge in [-0.1, -0.05) is 6.92 Å². The Balaban J connectivity index is 2.61. The van der Waals surface area contributed by atoms with E-state index in [9.17, 15) is 0 Å². The molecule has 0 aromatic carbocycles. The van der Waals surface area contributed by atoms with E-state index in [-0.39, 0.29) is 0 Å². The Kier molecular flexibility index (Phi) is 2.34. The summed E-state index contributed by atoms with van der Waals surface area (Å²) in [7, 11) is 0. The second-order valence-corrected chi connectivity index (χ2v) is 2.98. The van der Waals surface area contributed by atoms with Crippen LogP contribution in [0.3, 0.4) is 0 Å². The van der Waals surface area contributed by atoms with Crippen LogP contribution in [0.25, 0.3) is 0 Å². The van der Waals surface area contributed by atoms with Crippen LogP contribution in [0.4, 0.5) is 0 Å². The van der Waals surface area contributed by atoms with Crippen LogP contribution in [-0.4, -0.2) is 4.57 Å². The smallest absolute Gasteiger partial charge is 0.0351 e. The van der Waals surface area contributed by atoms with Crippen molar-refractivity contribution < 1.29 is 0 Å². The van der Waals surface area contributed by atoms with Crippen LogP contribution in [0, 0.1) is 0 Å². The standard InChI is InChI=1S/C7H10BrN/c1-2-4-9-5-3-7(8)6-9/h3,5-6H,2,4H2,1H3. The number of hydrogen-bond donors (Lipinski definition) is 0. The van der Waals surface area contributed by atoms with E-state index >= 15 is 0 Å². The van der Waals surface area contributed by atoms with Crippen molar-refractivity contribution in [3.63, 3.8) is 0 Å². The molecule has 1 aromatic heterocycles. The number of nitrogens with zero attached hydrogens (tertiary/aromatic N) is 1. The van der Waals surface area contributed by atoms with Gasteiger partial charge >= 0.3 is 0 Å². The lowest BCUT2D eigenvalue weighted by Crippen LogP contribution is -1.90. The number of rotatable bonds is 2. The molecule has 1 heterocycles. The van der Waals surface area contributed by atoms with E-state index in [1.807, 2.05) is 0 Å². The molecule has 0 aliphatic carbocycles. The van der Waals surface area contributed by atoms with Crippen molar-refractivity contribution in [1.82, 2.24) is 4.57 Å². The summed E-state index contributed by atoms with van der Waals surface area (Å²) in [5, 5.41) is 0. The van der Waals surface area contributed by atoms with Gasteiger partial charge in [-0.2, -0.15) is 0 Å². The Hall–Kier alpha value is -0.240. The molecule has 0 fully saturated rings. The maximum atomic E-state index is 3.38. The monoisotopic (exact) mass is 187 g/mol. The van der Waals surface area contributed by atoms with Crippen LogP contribution in [-0.2, 0) is 6.54 Å². The Morgan fingerprint density at radius 3 is 2.89 bits per heavy atom. The van der Waals surface area contributed by atoms with Crippen molar-refractivity contribution in [2.24, 2.45) is 0 Å². The predicted molar refractivity (Wildman–Crippen MR) is 42.4 cm³/mol. The van der Waals surface area contributed by atoms with Crippen LogP contribution in [0.5, 0.6) is 0 Å². The molecule has 9 heavy (non-hydrogen) atoms. The van der Waals surface area contributed by atoms with E-state index in [2.05, 4.69) is 45.9 Å². The third-order valence-electron chi connectivity index (χ3n) is 1.20. The molecule has 1 rings (SSSR count). The zero-order valence-corrected chi connectivity index (χ0v) is 7.06. The van der Waals surface area contributed by atoms with Crippen molar-refractivity contribution in [3.05, 3.63) is 22.9 Å². The molecule has 0 unspecified atom stereocenters. The number of hydrogen-bond acceptors (Lipinski definition) is 0. The quantitative estimate of drug-likeness (QED) is 0.672. The number of aryl methyl sites for hydroxylation is 1. The fraction of sp³-hybridized carbons (Fsp3) is 0.429. The average Bonchev–Trinajstić information content (AvgIpc) is 2.17. The minimum Gasteiger partial charge on any atom is -0.353 e. The Bertz CT molecular complexity index is 181. The zero-order valence-electron chi connectivity index (χ0n) is 5.47. The van der Waals surface area contributed by atoms with E-state index in [0.29, 0.717) is 0 Å². The first kappa shape index (κ1) is 6.87. The maximum absolute atomic E-state index is 3.38. The highest BCUT2D eigenvalue weighted by Gasteiger charge is 1.88. The summed E-state index contributed by atoms with van der Waals surface area (Å²) in [6.07, 6.45) is 5.36. The van der Waals surface area contributed by atoms with Gasteiger partial charge in [0.1, 0.15) is 0 Å². The fourth-order valence-electron chi connectivity index (χ4n) is 0.809. The molecule has 0 spiro atoms. The van der Waals surface area contributed by atoms with Gasteiger partial charge in [-0.15, -0.1) is 0 Å². The molecule has 2 heteroatoms. The lowest BCUT2D eigenvalue weighted by molar-refractivity contribution is 0.683. The third-order valence-corrected chi connectivity index (χ3v) is 1.67. The minimum absolute atomic E-state index is 1.12. The Morgan fingerprint density at radius 1 is 1.67 bits per heavy atom. The lowest BCUT2D eigenvalue weighted by atomic mass is 10.5. The SMILES string of the molecule is CCCn1ccc(Br)c1. The molecule has 0 amide bonds. The van der Waals surface area contributed by atoms with Gasteiger partial charge in [-0.05, 0) is 28.4 Å². The van der Waals surface area contributed by atoms with E-state index < -0.39 is 0 Å². The van der Waals surface area contributed by atoms with E-state index in [1.54, 1.807) is 0 Å². The van der Waals surface area contributed by atoms with Crippen LogP contribution in [0.2, 0.25) is 0 Å². The normalized spacial score (nSPS) is 10.0. The van der Waals surface area contributed by atoms with Crippen LogP contribution >= 0.6 is 15.9 Å². The van der Waals surface area contributed by atoms with Gasteiger partial charge in [0.25, 0.3) is 0 Å². The van der Waals surface area contributed by atoms with E-state index in [4.69, 9.17) is 0 Å². The summed E-state index contributed by atoms with van der Waals surface area (Å²) in [5.74, 6) is 0. The van der Waals surface area contributed by atoms with Crippen LogP contribution in [0.15, 0.2) is 22.9 Å². The molecule has 1 aromatic rings. The van der Waals surface area contributed by atoms with Gasteiger partial charge in [-0.3, -0.25) is 0 Å². The first-order valence-electron chi connectivity index (χ1n) is 3.14. The zero-order chi connectivity index (χ0) is 6.69. The third kappa shape index (κ3) is 1.86. The molecule has 0 aliphatic rings. The lowest BCUT2D eigenvalue weighted by Gasteiger charge is -1.95. The largest absolute Gasteiger partial charge is 0.353 e. The van der Waals surface area contributed by atoms with Gasteiger partial charge in [0, 0.05) is 23.4 Å². The van der Waals surface area contributed by atoms with Crippen molar-refractivity contribution in [1.29, 1.82) is 0 Å². The molecule has 0 N–H and O–H groups in total. The van der Waals surface area contributed by atoms with Gasteiger partial charge in [0.2, 0.25) is 0 Å². The summed E-state index contributed by atoms with van der Waals surface area (Å²) < 4.78 is 3.33. The summed E-state index contributed by atoms with van der Waals surface area (Å²) >= 11 is 3.38. The minimum atomic E-state index is 1.12. The summed E-state index contributed by atoms with van der Waals surface area (Å²) in [6.45, 7) is 3.29. The number of aromatic nitrogens is 1. The van der Waals surface area contributed by atoms with Crippen LogP contribution < -0.4 is 0 Å². The highest BCUT2D eigenvalue weighted by molar-refractivity contribution is 9.10. The molecule has 0 aliphatic heterocycles. The molecular weight excluding hydrogens is 178 g/mol. The highest BCUT2D eigenvalue weighted by Crippen LogP contribution is 2.08. The topological polar surface area (TPSA) is 4.93 Å². The second-order valence-electron chi connectivity index (χ2n) is 2.07. The summed E-state index contributed by atoms with van der Waals surface area (Å²) in [4.78, 5) is 0. The van der Waals surface area contributed by atoms with Crippen LogP contribution in [0.1, 0.15) is 13.3 Å². The predicted octanol–water partition coefficient (Wildman–Crippen LogP) is 2.66. The van der Waals surface area contributed by atoms with Gasteiger partial charge in [0.15, 0.2) is 0 Å². The van der Waals surface area contributed by atoms with Crippen molar-refractivity contribution in [2.45, 2.75) is 19.9 Å². The highest BCUT2D eigenvalue weighted by atomic mass is 79.9. The first-order valence-corrected chi connectivity index (χ1v) is 3.93. The molecule has 0 atom stereocenters. The van der Waals surface area contributed by atoms with Gasteiger partial charge < -0.3 is 4.57 Å². The average molecular weight is 188 g/mol. The molecular formula is C7H10BrN. The number of halogens is 1. The Morgan fingerprint density at radius 2 is 2.44 bits per heavy atom. The van der Waals surface area contributed by atoms with E-state index in [0.717, 1.165) is 11.0 Å². The van der Waals surface area contributed by atoms with Crippen molar-refractivity contribution in [2.75, 3.05) is 0 Å². The van der Waals surface area contributed by atoms with Gasteiger partial charge in [-0.25, -0.2) is 0 Å². The molecule has 0 radical (unpaired) electrons. The molecule has 50 valence electrons. The first-order chi connectivity index (χ1) is 4.33. The van der Waals surface area contributed by atoms with Crippen molar-refractivity contribution >= 4 is 15.9 Å². The molecule has 0 saturated heterocycles. The van der Waals surface area contributed by atoms with Gasteiger partial charge in [0.05, 0.1) is 0 Å². The fourth-order valence-corrected chi connectivity index (χ4v) is 1.19. The molecule has 0 bridgehead atoms. The Labute approximate surface area is 63.8 Å².